The predicted molar refractivity (Wildman–Crippen MR) is 115 cm³/mol. The van der Waals surface area contributed by atoms with Crippen molar-refractivity contribution in [2.24, 2.45) is 10.3 Å². The minimum Gasteiger partial charge on any atom is -0.464 e. The van der Waals surface area contributed by atoms with Gasteiger partial charge < -0.3 is 14.4 Å². The zero-order valence-electron chi connectivity index (χ0n) is 17.5. The summed E-state index contributed by atoms with van der Waals surface area (Å²) in [6, 6.07) is 9.40. The number of nitrogens with zero attached hydrogens (tertiary/aromatic N) is 2. The first kappa shape index (κ1) is 22.4. The van der Waals surface area contributed by atoms with Crippen LogP contribution in [0.4, 0.5) is 0 Å². The van der Waals surface area contributed by atoms with Gasteiger partial charge in [-0.1, -0.05) is 40.1 Å². The van der Waals surface area contributed by atoms with Crippen LogP contribution in [0, 0.1) is 20.8 Å². The van der Waals surface area contributed by atoms with Gasteiger partial charge in [-0.2, -0.15) is 0 Å². The number of halogens is 1. The first-order valence-corrected chi connectivity index (χ1v) is 9.39. The molecule has 0 N–H and O–H groups in total. The van der Waals surface area contributed by atoms with Crippen molar-refractivity contribution in [3.05, 3.63) is 68.7 Å². The minimum atomic E-state index is -0.594. The average Bonchev–Trinajstić information content (AvgIpc) is 2.70. The van der Waals surface area contributed by atoms with Gasteiger partial charge >= 0.3 is 5.97 Å². The summed E-state index contributed by atoms with van der Waals surface area (Å²) in [5, 5.41) is 8.74. The molecule has 2 rings (SSSR count). The summed E-state index contributed by atoms with van der Waals surface area (Å²) in [5.41, 5.74) is 6.05. The first-order valence-electron chi connectivity index (χ1n) is 9.02. The Morgan fingerprint density at radius 1 is 1.07 bits per heavy atom. The molecule has 0 saturated heterocycles. The monoisotopic (exact) mass is 416 g/mol. The van der Waals surface area contributed by atoms with Gasteiger partial charge in [0.25, 0.3) is 0 Å². The Bertz CT molecular complexity index is 944. The van der Waals surface area contributed by atoms with Gasteiger partial charge in [0, 0.05) is 21.7 Å². The van der Waals surface area contributed by atoms with Crippen LogP contribution in [-0.4, -0.2) is 31.6 Å². The predicted octanol–water partition coefficient (Wildman–Crippen LogP) is 4.73. The van der Waals surface area contributed by atoms with Gasteiger partial charge in [-0.05, 0) is 56.5 Å². The molecule has 154 valence electrons. The molecule has 0 fully saturated rings. The maximum absolute atomic E-state index is 12.1. The Balaban J connectivity index is 2.30. The average molecular weight is 417 g/mol. The molecule has 0 aliphatic heterocycles. The molecule has 0 spiro atoms. The highest BCUT2D eigenvalue weighted by Gasteiger charge is 2.20. The van der Waals surface area contributed by atoms with Crippen molar-refractivity contribution in [3.63, 3.8) is 0 Å². The topological polar surface area (TPSA) is 69.5 Å². The molecule has 0 atom stereocenters. The molecule has 0 amide bonds. The van der Waals surface area contributed by atoms with Crippen LogP contribution in [0.15, 0.2) is 40.6 Å². The number of hydrogen-bond acceptors (Lipinski definition) is 6. The van der Waals surface area contributed by atoms with Crippen LogP contribution in [0.2, 0.25) is 5.02 Å². The van der Waals surface area contributed by atoms with E-state index in [-0.39, 0.29) is 12.3 Å². The second kappa shape index (κ2) is 10.1. The van der Waals surface area contributed by atoms with Crippen LogP contribution in [-0.2, 0) is 25.8 Å². The molecule has 29 heavy (non-hydrogen) atoms. The number of carbonyl (C=O) groups is 1. The Hall–Kier alpha value is -2.86. The van der Waals surface area contributed by atoms with E-state index in [9.17, 15) is 4.79 Å². The van der Waals surface area contributed by atoms with Crippen molar-refractivity contribution < 1.29 is 19.2 Å². The largest absolute Gasteiger partial charge is 0.464 e. The van der Waals surface area contributed by atoms with E-state index in [0.717, 1.165) is 27.8 Å². The van der Waals surface area contributed by atoms with Gasteiger partial charge in [0.1, 0.15) is 13.7 Å². The Morgan fingerprint density at radius 3 is 2.41 bits per heavy atom. The molecule has 2 aromatic rings. The van der Waals surface area contributed by atoms with E-state index in [4.69, 9.17) is 26.0 Å². The fourth-order valence-corrected chi connectivity index (χ4v) is 3.04. The Labute approximate surface area is 176 Å². The normalized spacial score (nSPS) is 12.0. The quantitative estimate of drug-likeness (QED) is 0.371. The fraction of sp³-hybridized carbons (Fsp3) is 0.318. The van der Waals surface area contributed by atoms with Gasteiger partial charge in [-0.25, -0.2) is 4.79 Å². The summed E-state index contributed by atoms with van der Waals surface area (Å²) < 4.78 is 4.82. The second-order valence-corrected chi connectivity index (χ2v) is 6.97. The van der Waals surface area contributed by atoms with Gasteiger partial charge in [0.15, 0.2) is 5.71 Å². The van der Waals surface area contributed by atoms with Crippen molar-refractivity contribution >= 4 is 29.0 Å². The number of benzene rings is 2. The lowest BCUT2D eigenvalue weighted by Gasteiger charge is -2.13. The molecule has 0 aliphatic rings. The van der Waals surface area contributed by atoms with Gasteiger partial charge in [0.2, 0.25) is 0 Å². The zero-order chi connectivity index (χ0) is 21.6. The van der Waals surface area contributed by atoms with Crippen LogP contribution in [0.5, 0.6) is 0 Å². The third kappa shape index (κ3) is 5.35. The van der Waals surface area contributed by atoms with Crippen LogP contribution >= 0.6 is 11.6 Å². The SMILES string of the molecule is CO/N=C(/C(=O)OC)c1cccc(C)c1CO/N=C(\C)c1cc(C)c(C)c(Cl)c1. The molecular formula is C22H25ClN2O4. The van der Waals surface area contributed by atoms with Crippen LogP contribution in [0.25, 0.3) is 0 Å². The highest BCUT2D eigenvalue weighted by molar-refractivity contribution is 6.43. The van der Waals surface area contributed by atoms with Crippen molar-refractivity contribution in [2.75, 3.05) is 14.2 Å². The summed E-state index contributed by atoms with van der Waals surface area (Å²) >= 11 is 6.28. The number of esters is 1. The third-order valence-corrected chi connectivity index (χ3v) is 5.05. The highest BCUT2D eigenvalue weighted by Crippen LogP contribution is 2.22. The Morgan fingerprint density at radius 2 is 1.79 bits per heavy atom. The lowest BCUT2D eigenvalue weighted by Crippen LogP contribution is -2.20. The maximum Gasteiger partial charge on any atom is 0.360 e. The molecule has 0 radical (unpaired) electrons. The molecule has 2 aromatic carbocycles. The first-order chi connectivity index (χ1) is 13.8. The highest BCUT2D eigenvalue weighted by atomic mass is 35.5. The molecule has 0 aliphatic carbocycles. The van der Waals surface area contributed by atoms with E-state index < -0.39 is 5.97 Å². The molecule has 0 heterocycles. The minimum absolute atomic E-state index is 0.0685. The molecular weight excluding hydrogens is 392 g/mol. The lowest BCUT2D eigenvalue weighted by molar-refractivity contribution is -0.132. The third-order valence-electron chi connectivity index (χ3n) is 4.66. The lowest BCUT2D eigenvalue weighted by atomic mass is 9.99. The van der Waals surface area contributed by atoms with Crippen molar-refractivity contribution in [1.82, 2.24) is 0 Å². The van der Waals surface area contributed by atoms with E-state index in [1.54, 1.807) is 6.07 Å². The zero-order valence-corrected chi connectivity index (χ0v) is 18.3. The van der Waals surface area contributed by atoms with Crippen LogP contribution in [0.3, 0.4) is 0 Å². The number of aryl methyl sites for hydroxylation is 2. The molecule has 0 saturated carbocycles. The van der Waals surface area contributed by atoms with E-state index in [2.05, 4.69) is 10.3 Å². The van der Waals surface area contributed by atoms with Gasteiger partial charge in [-0.3, -0.25) is 0 Å². The molecule has 0 unspecified atom stereocenters. The summed E-state index contributed by atoms with van der Waals surface area (Å²) in [4.78, 5) is 22.5. The number of methoxy groups -OCH3 is 1. The molecule has 6 nitrogen and oxygen atoms in total. The van der Waals surface area contributed by atoms with Crippen LogP contribution in [0.1, 0.15) is 40.3 Å². The molecule has 0 bridgehead atoms. The molecule has 7 heteroatoms. The standard InChI is InChI=1S/C22H25ClN2O4/c1-13-8-7-9-18(21(25-28-6)22(26)27-5)19(13)12-29-24-16(4)17-10-14(2)15(3)20(23)11-17/h7-11H,12H2,1-6H3/b24-16+,25-21+. The second-order valence-electron chi connectivity index (χ2n) is 6.57. The molecule has 0 aromatic heterocycles. The number of oxime groups is 2. The number of carbonyl (C=O) groups excluding carboxylic acids is 1. The van der Waals surface area contributed by atoms with Gasteiger partial charge in [-0.15, -0.1) is 0 Å². The van der Waals surface area contributed by atoms with Crippen molar-refractivity contribution in [1.29, 1.82) is 0 Å². The van der Waals surface area contributed by atoms with E-state index in [1.807, 2.05) is 52.0 Å². The summed E-state index contributed by atoms with van der Waals surface area (Å²) in [6.45, 7) is 7.90. The van der Waals surface area contributed by atoms with E-state index in [0.29, 0.717) is 16.3 Å². The maximum atomic E-state index is 12.1. The van der Waals surface area contributed by atoms with E-state index >= 15 is 0 Å². The summed E-state index contributed by atoms with van der Waals surface area (Å²) in [7, 11) is 2.67. The summed E-state index contributed by atoms with van der Waals surface area (Å²) in [6.07, 6.45) is 0. The smallest absolute Gasteiger partial charge is 0.360 e. The fourth-order valence-electron chi connectivity index (χ4n) is 2.77. The van der Waals surface area contributed by atoms with E-state index in [1.165, 1.54) is 14.2 Å². The number of rotatable bonds is 7. The van der Waals surface area contributed by atoms with Gasteiger partial charge in [0.05, 0.1) is 12.8 Å². The Kier molecular flexibility index (Phi) is 7.79. The number of hydrogen-bond donors (Lipinski definition) is 0. The van der Waals surface area contributed by atoms with Crippen LogP contribution < -0.4 is 0 Å². The summed E-state index contributed by atoms with van der Waals surface area (Å²) in [5.74, 6) is -0.594. The van der Waals surface area contributed by atoms with Crippen molar-refractivity contribution in [3.8, 4) is 0 Å². The van der Waals surface area contributed by atoms with Crippen molar-refractivity contribution in [2.45, 2.75) is 34.3 Å². The number of ether oxygens (including phenoxy) is 1.